The predicted molar refractivity (Wildman–Crippen MR) is 144 cm³/mol. The normalized spacial score (nSPS) is 11.3. The van der Waals surface area contributed by atoms with Crippen molar-refractivity contribution in [3.63, 3.8) is 0 Å². The van der Waals surface area contributed by atoms with E-state index >= 15 is 0 Å². The molecule has 39 heavy (non-hydrogen) atoms. The molecular formula is C26H26N6O6S. The number of fused-ring (bicyclic) bond motifs is 1. The largest absolute Gasteiger partial charge is 0.452 e. The summed E-state index contributed by atoms with van der Waals surface area (Å²) in [6.45, 7) is 6.91. The van der Waals surface area contributed by atoms with Gasteiger partial charge < -0.3 is 14.6 Å². The molecule has 1 amide bonds. The predicted octanol–water partition coefficient (Wildman–Crippen LogP) is 2.73. The van der Waals surface area contributed by atoms with E-state index in [0.29, 0.717) is 23.6 Å². The van der Waals surface area contributed by atoms with E-state index in [1.807, 2.05) is 6.92 Å². The lowest BCUT2D eigenvalue weighted by atomic mass is 10.2. The average Bonchev–Trinajstić information content (AvgIpc) is 2.87. The molecule has 3 aromatic heterocycles. The molecule has 0 saturated carbocycles. The van der Waals surface area contributed by atoms with E-state index in [9.17, 15) is 22.8 Å². The Labute approximate surface area is 224 Å². The number of hydrogen-bond donors (Lipinski definition) is 2. The van der Waals surface area contributed by atoms with Gasteiger partial charge in [0, 0.05) is 35.5 Å². The Morgan fingerprint density at radius 1 is 0.949 bits per heavy atom. The number of nitrogens with one attached hydrogen (secondary N) is 2. The summed E-state index contributed by atoms with van der Waals surface area (Å²) >= 11 is 0. The van der Waals surface area contributed by atoms with Crippen molar-refractivity contribution in [2.45, 2.75) is 39.1 Å². The number of carbonyl (C=O) groups excluding carboxylic acids is 2. The van der Waals surface area contributed by atoms with Gasteiger partial charge in [-0.25, -0.2) is 32.9 Å². The summed E-state index contributed by atoms with van der Waals surface area (Å²) < 4.78 is 34.4. The number of benzene rings is 1. The minimum absolute atomic E-state index is 0.0461. The summed E-state index contributed by atoms with van der Waals surface area (Å²) in [6, 6.07) is 10.4. The number of anilines is 2. The lowest BCUT2D eigenvalue weighted by Gasteiger charge is -2.11. The third-order valence-corrected chi connectivity index (χ3v) is 6.96. The number of pyridine rings is 2. The van der Waals surface area contributed by atoms with Gasteiger partial charge in [0.15, 0.2) is 6.61 Å². The van der Waals surface area contributed by atoms with Crippen LogP contribution in [0.4, 0.5) is 11.6 Å². The Kier molecular flexibility index (Phi) is 7.72. The lowest BCUT2D eigenvalue weighted by molar-refractivity contribution is -0.119. The van der Waals surface area contributed by atoms with Crippen molar-refractivity contribution in [1.82, 2.24) is 19.5 Å². The van der Waals surface area contributed by atoms with Crippen LogP contribution < -0.4 is 15.5 Å². The number of amides is 1. The van der Waals surface area contributed by atoms with Crippen molar-refractivity contribution >= 4 is 44.6 Å². The second-order valence-corrected chi connectivity index (χ2v) is 10.4. The van der Waals surface area contributed by atoms with E-state index in [2.05, 4.69) is 25.0 Å². The molecule has 2 N–H and O–H groups in total. The molecule has 3 heterocycles. The molecule has 0 spiro atoms. The fraction of sp³-hybridized carbons (Fsp3) is 0.231. The zero-order chi connectivity index (χ0) is 28.3. The highest BCUT2D eigenvalue weighted by molar-refractivity contribution is 7.92. The van der Waals surface area contributed by atoms with Crippen molar-refractivity contribution < 1.29 is 22.7 Å². The minimum atomic E-state index is -3.97. The number of nitrogens with zero attached hydrogens (tertiary/aromatic N) is 4. The lowest BCUT2D eigenvalue weighted by Crippen LogP contribution is -2.25. The highest BCUT2D eigenvalue weighted by Crippen LogP contribution is 2.17. The monoisotopic (exact) mass is 550 g/mol. The van der Waals surface area contributed by atoms with Gasteiger partial charge in [-0.3, -0.25) is 9.59 Å². The Morgan fingerprint density at radius 2 is 1.62 bits per heavy atom. The van der Waals surface area contributed by atoms with E-state index in [1.54, 1.807) is 43.5 Å². The average molecular weight is 551 g/mol. The van der Waals surface area contributed by atoms with Crippen LogP contribution in [0.1, 0.15) is 34.4 Å². The molecular weight excluding hydrogens is 524 g/mol. The van der Waals surface area contributed by atoms with Crippen molar-refractivity contribution in [2.24, 2.45) is 0 Å². The molecule has 0 saturated heterocycles. The molecule has 0 aliphatic carbocycles. The molecule has 4 aromatic rings. The first-order chi connectivity index (χ1) is 18.5. The van der Waals surface area contributed by atoms with E-state index in [4.69, 9.17) is 4.74 Å². The van der Waals surface area contributed by atoms with Gasteiger partial charge in [0.2, 0.25) is 11.4 Å². The molecule has 4 rings (SSSR count). The Bertz CT molecular complexity index is 1730. The van der Waals surface area contributed by atoms with Crippen LogP contribution in [0.15, 0.2) is 58.4 Å². The minimum Gasteiger partial charge on any atom is -0.452 e. The van der Waals surface area contributed by atoms with Gasteiger partial charge in [0.05, 0.1) is 10.3 Å². The van der Waals surface area contributed by atoms with Crippen LogP contribution in [0.25, 0.3) is 11.0 Å². The topological polar surface area (TPSA) is 162 Å². The third kappa shape index (κ3) is 6.26. The van der Waals surface area contributed by atoms with Gasteiger partial charge in [-0.05, 0) is 70.2 Å². The van der Waals surface area contributed by atoms with E-state index in [0.717, 1.165) is 5.69 Å². The molecule has 13 heteroatoms. The first-order valence-corrected chi connectivity index (χ1v) is 13.4. The first kappa shape index (κ1) is 27.4. The molecule has 0 unspecified atom stereocenters. The molecule has 0 aliphatic rings. The molecule has 0 fully saturated rings. The van der Waals surface area contributed by atoms with E-state index in [1.165, 1.54) is 30.5 Å². The maximum atomic E-state index is 12.8. The highest BCUT2D eigenvalue weighted by atomic mass is 32.2. The van der Waals surface area contributed by atoms with Crippen LogP contribution in [0.2, 0.25) is 0 Å². The van der Waals surface area contributed by atoms with Crippen molar-refractivity contribution in [3.05, 3.63) is 81.5 Å². The van der Waals surface area contributed by atoms with Gasteiger partial charge in [-0.1, -0.05) is 0 Å². The molecule has 0 aliphatic heterocycles. The number of aromatic nitrogens is 4. The SMILES string of the molecule is CCn1cc(C(=O)OCC(=O)Nc2ccc(S(=O)(=O)Nc3nc(C)cc(C)n3)cc2)c(=O)c2ccc(C)nc21. The Hall–Kier alpha value is -4.65. The van der Waals surface area contributed by atoms with E-state index in [-0.39, 0.29) is 27.5 Å². The molecule has 1 aromatic carbocycles. The second kappa shape index (κ2) is 11.0. The second-order valence-electron chi connectivity index (χ2n) is 8.71. The number of rotatable bonds is 8. The number of aryl methyl sites for hydroxylation is 4. The van der Waals surface area contributed by atoms with Gasteiger partial charge in [-0.2, -0.15) is 0 Å². The summed E-state index contributed by atoms with van der Waals surface area (Å²) in [7, 11) is -3.97. The van der Waals surface area contributed by atoms with Crippen molar-refractivity contribution in [3.8, 4) is 0 Å². The number of hydrogen-bond acceptors (Lipinski definition) is 9. The molecule has 0 bridgehead atoms. The van der Waals surface area contributed by atoms with Gasteiger partial charge in [-0.15, -0.1) is 0 Å². The molecule has 0 atom stereocenters. The quantitative estimate of drug-likeness (QED) is 0.314. The van der Waals surface area contributed by atoms with E-state index < -0.39 is 33.9 Å². The number of sulfonamides is 1. The fourth-order valence-electron chi connectivity index (χ4n) is 3.82. The summed E-state index contributed by atoms with van der Waals surface area (Å²) in [4.78, 5) is 50.3. The summed E-state index contributed by atoms with van der Waals surface area (Å²) in [5.41, 5.74) is 1.94. The van der Waals surface area contributed by atoms with Gasteiger partial charge >= 0.3 is 5.97 Å². The Balaban J connectivity index is 1.40. The van der Waals surface area contributed by atoms with Crippen molar-refractivity contribution in [2.75, 3.05) is 16.6 Å². The number of ether oxygens (including phenoxy) is 1. The standard InChI is InChI=1S/C26H26N6O6S/c1-5-32-13-21(23(34)20-11-6-15(2)27-24(20)32)25(35)38-14-22(33)30-18-7-9-19(10-8-18)39(36,37)31-26-28-16(3)12-17(4)29-26/h6-13H,5,14H2,1-4H3,(H,30,33)(H,28,29,31). The van der Waals surface area contributed by atoms with Crippen LogP contribution in [-0.4, -0.2) is 46.4 Å². The smallest absolute Gasteiger partial charge is 0.344 e. The molecule has 0 radical (unpaired) electrons. The summed E-state index contributed by atoms with van der Waals surface area (Å²) in [6.07, 6.45) is 1.37. The summed E-state index contributed by atoms with van der Waals surface area (Å²) in [5, 5.41) is 2.79. The van der Waals surface area contributed by atoms with Crippen LogP contribution in [0.3, 0.4) is 0 Å². The van der Waals surface area contributed by atoms with Crippen LogP contribution in [0, 0.1) is 20.8 Å². The van der Waals surface area contributed by atoms with Crippen LogP contribution in [0.5, 0.6) is 0 Å². The highest BCUT2D eigenvalue weighted by Gasteiger charge is 2.19. The first-order valence-electron chi connectivity index (χ1n) is 11.9. The maximum Gasteiger partial charge on any atom is 0.344 e. The molecule has 12 nitrogen and oxygen atoms in total. The number of esters is 1. The van der Waals surface area contributed by atoms with Gasteiger partial charge in [0.1, 0.15) is 11.2 Å². The zero-order valence-corrected chi connectivity index (χ0v) is 22.5. The van der Waals surface area contributed by atoms with Crippen molar-refractivity contribution in [1.29, 1.82) is 0 Å². The Morgan fingerprint density at radius 3 is 2.26 bits per heavy atom. The third-order valence-electron chi connectivity index (χ3n) is 5.61. The zero-order valence-electron chi connectivity index (χ0n) is 21.7. The fourth-order valence-corrected chi connectivity index (χ4v) is 4.76. The van der Waals surface area contributed by atoms with Gasteiger partial charge in [0.25, 0.3) is 15.9 Å². The van der Waals surface area contributed by atoms with Crippen LogP contribution in [-0.2, 0) is 26.1 Å². The maximum absolute atomic E-state index is 12.8. The molecule has 202 valence electrons. The number of carbonyl (C=O) groups is 2. The van der Waals surface area contributed by atoms with Crippen LogP contribution >= 0.6 is 0 Å². The summed E-state index contributed by atoms with van der Waals surface area (Å²) in [5.74, 6) is -1.66.